The molecule has 1 aliphatic rings. The van der Waals surface area contributed by atoms with Crippen molar-refractivity contribution in [2.24, 2.45) is 0 Å². The molecule has 7 nitrogen and oxygen atoms in total. The van der Waals surface area contributed by atoms with Gasteiger partial charge in [0.1, 0.15) is 12.7 Å². The number of benzene rings is 1. The van der Waals surface area contributed by atoms with Crippen LogP contribution in [0.5, 0.6) is 11.5 Å². The number of likely N-dealkylation sites (N-methyl/N-ethyl adjacent to an activating group) is 1. The van der Waals surface area contributed by atoms with E-state index in [2.05, 4.69) is 34.6 Å². The number of nitrogens with zero attached hydrogens (tertiary/aromatic N) is 3. The molecule has 0 saturated carbocycles. The van der Waals surface area contributed by atoms with Gasteiger partial charge in [-0.1, -0.05) is 6.07 Å². The lowest BCUT2D eigenvalue weighted by Gasteiger charge is -2.34. The summed E-state index contributed by atoms with van der Waals surface area (Å²) in [5, 5.41) is 10.3. The molecule has 0 amide bonds. The first kappa shape index (κ1) is 23.9. The first-order valence-corrected chi connectivity index (χ1v) is 10.5. The lowest BCUT2D eigenvalue weighted by molar-refractivity contribution is 0.0667. The highest BCUT2D eigenvalue weighted by Crippen LogP contribution is 2.29. The highest BCUT2D eigenvalue weighted by atomic mass is 16.5. The van der Waals surface area contributed by atoms with Gasteiger partial charge >= 0.3 is 0 Å². The van der Waals surface area contributed by atoms with Gasteiger partial charge in [0.2, 0.25) is 0 Å². The molecule has 0 bridgehead atoms. The number of piperazine rings is 1. The fourth-order valence-corrected chi connectivity index (χ4v) is 3.36. The minimum atomic E-state index is -0.545. The molecule has 1 atom stereocenters. The lowest BCUT2D eigenvalue weighted by atomic mass is 10.1. The number of hydrogen-bond acceptors (Lipinski definition) is 7. The normalized spacial score (nSPS) is 17.1. The molecule has 0 radical (unpaired) electrons. The van der Waals surface area contributed by atoms with Crippen LogP contribution in [0.2, 0.25) is 0 Å². The maximum Gasteiger partial charge on any atom is 0.161 e. The van der Waals surface area contributed by atoms with Gasteiger partial charge in [0, 0.05) is 59.0 Å². The van der Waals surface area contributed by atoms with E-state index in [-0.39, 0.29) is 6.61 Å². The number of rotatable bonds is 12. The minimum absolute atomic E-state index is 0.245. The average molecular weight is 410 g/mol. The Bertz CT molecular complexity index is 591. The van der Waals surface area contributed by atoms with E-state index in [4.69, 9.17) is 14.2 Å². The van der Waals surface area contributed by atoms with Crippen molar-refractivity contribution in [3.05, 3.63) is 23.8 Å². The fourth-order valence-electron chi connectivity index (χ4n) is 3.36. The van der Waals surface area contributed by atoms with Gasteiger partial charge in [-0.3, -0.25) is 9.80 Å². The summed E-state index contributed by atoms with van der Waals surface area (Å²) in [5.74, 6) is 1.39. The molecule has 1 heterocycles. The molecule has 7 heteroatoms. The lowest BCUT2D eigenvalue weighted by Crippen LogP contribution is -2.46. The molecule has 2 rings (SSSR count). The molecular formula is C22H39N3O4. The number of aliphatic hydroxyl groups is 1. The Morgan fingerprint density at radius 2 is 1.76 bits per heavy atom. The Morgan fingerprint density at radius 3 is 2.38 bits per heavy atom. The number of ether oxygens (including phenoxy) is 3. The highest BCUT2D eigenvalue weighted by Gasteiger charge is 2.18. The molecule has 29 heavy (non-hydrogen) atoms. The zero-order chi connectivity index (χ0) is 21.2. The Balaban J connectivity index is 1.88. The number of aliphatic hydroxyl groups excluding tert-OH is 1. The summed E-state index contributed by atoms with van der Waals surface area (Å²) in [6, 6.07) is 6.46. The van der Waals surface area contributed by atoms with Gasteiger partial charge < -0.3 is 24.2 Å². The third-order valence-electron chi connectivity index (χ3n) is 5.52. The van der Waals surface area contributed by atoms with Crippen LogP contribution < -0.4 is 9.47 Å². The van der Waals surface area contributed by atoms with E-state index in [1.54, 1.807) is 14.2 Å². The topological polar surface area (TPSA) is 57.6 Å². The van der Waals surface area contributed by atoms with Gasteiger partial charge in [-0.25, -0.2) is 0 Å². The van der Waals surface area contributed by atoms with Crippen molar-refractivity contribution in [2.45, 2.75) is 32.5 Å². The second-order valence-corrected chi connectivity index (χ2v) is 8.09. The summed E-state index contributed by atoms with van der Waals surface area (Å²) < 4.78 is 16.5. The van der Waals surface area contributed by atoms with Crippen LogP contribution in [0, 0.1) is 0 Å². The van der Waals surface area contributed by atoms with Gasteiger partial charge in [0.05, 0.1) is 13.7 Å². The van der Waals surface area contributed by atoms with Crippen molar-refractivity contribution >= 4 is 0 Å². The molecule has 1 unspecified atom stereocenters. The molecule has 1 aromatic carbocycles. The van der Waals surface area contributed by atoms with Crippen LogP contribution in [-0.4, -0.2) is 106 Å². The average Bonchev–Trinajstić information content (AvgIpc) is 2.71. The van der Waals surface area contributed by atoms with Crippen molar-refractivity contribution < 1.29 is 19.3 Å². The van der Waals surface area contributed by atoms with Crippen LogP contribution in [0.1, 0.15) is 19.4 Å². The Morgan fingerprint density at radius 1 is 1.07 bits per heavy atom. The standard InChI is InChI=1S/C22H39N3O4/c1-18(2)23(3)16-20(26)17-29-22-14-19(6-7-21(22)28-5)15-25-10-8-24(9-11-25)12-13-27-4/h6-7,14,18,20,26H,8-13,15-17H2,1-5H3. The predicted octanol–water partition coefficient (Wildman–Crippen LogP) is 1.54. The van der Waals surface area contributed by atoms with Gasteiger partial charge in [0.15, 0.2) is 11.5 Å². The molecule has 0 aromatic heterocycles. The quantitative estimate of drug-likeness (QED) is 0.562. The van der Waals surface area contributed by atoms with Crippen molar-refractivity contribution in [1.29, 1.82) is 0 Å². The zero-order valence-corrected chi connectivity index (χ0v) is 18.8. The summed E-state index contributed by atoms with van der Waals surface area (Å²) >= 11 is 0. The van der Waals surface area contributed by atoms with E-state index in [0.29, 0.717) is 24.1 Å². The van der Waals surface area contributed by atoms with Crippen LogP contribution in [0.3, 0.4) is 0 Å². The van der Waals surface area contributed by atoms with Crippen molar-refractivity contribution in [1.82, 2.24) is 14.7 Å². The fraction of sp³-hybridized carbons (Fsp3) is 0.727. The van der Waals surface area contributed by atoms with E-state index in [1.807, 2.05) is 19.2 Å². The summed E-state index contributed by atoms with van der Waals surface area (Å²) in [6.45, 7) is 11.9. The van der Waals surface area contributed by atoms with Crippen LogP contribution in [0.4, 0.5) is 0 Å². The van der Waals surface area contributed by atoms with Crippen LogP contribution in [0.15, 0.2) is 18.2 Å². The SMILES string of the molecule is COCCN1CCN(Cc2ccc(OC)c(OCC(O)CN(C)C(C)C)c2)CC1. The van der Waals surface area contributed by atoms with Gasteiger partial charge in [-0.2, -0.15) is 0 Å². The molecule has 166 valence electrons. The summed E-state index contributed by atoms with van der Waals surface area (Å²) in [4.78, 5) is 7.01. The van der Waals surface area contributed by atoms with Gasteiger partial charge in [0.25, 0.3) is 0 Å². The van der Waals surface area contributed by atoms with E-state index in [1.165, 1.54) is 5.56 Å². The van der Waals surface area contributed by atoms with E-state index in [9.17, 15) is 5.11 Å². The van der Waals surface area contributed by atoms with Gasteiger partial charge in [-0.15, -0.1) is 0 Å². The second kappa shape index (κ2) is 12.3. The minimum Gasteiger partial charge on any atom is -0.493 e. The number of methoxy groups -OCH3 is 2. The predicted molar refractivity (Wildman–Crippen MR) is 116 cm³/mol. The van der Waals surface area contributed by atoms with E-state index < -0.39 is 6.10 Å². The van der Waals surface area contributed by atoms with Crippen LogP contribution >= 0.6 is 0 Å². The maximum absolute atomic E-state index is 10.3. The maximum atomic E-state index is 10.3. The molecule has 0 spiro atoms. The Kier molecular flexibility index (Phi) is 10.2. The smallest absolute Gasteiger partial charge is 0.161 e. The molecule has 1 saturated heterocycles. The summed E-state index contributed by atoms with van der Waals surface area (Å²) in [5.41, 5.74) is 1.19. The monoisotopic (exact) mass is 409 g/mol. The first-order chi connectivity index (χ1) is 13.9. The van der Waals surface area contributed by atoms with E-state index >= 15 is 0 Å². The molecule has 1 N–H and O–H groups in total. The van der Waals surface area contributed by atoms with Gasteiger partial charge in [-0.05, 0) is 38.6 Å². The third kappa shape index (κ3) is 8.10. The zero-order valence-electron chi connectivity index (χ0n) is 18.8. The largest absolute Gasteiger partial charge is 0.493 e. The van der Waals surface area contributed by atoms with Crippen molar-refractivity contribution in [3.8, 4) is 11.5 Å². The van der Waals surface area contributed by atoms with Crippen molar-refractivity contribution in [2.75, 3.05) is 73.7 Å². The second-order valence-electron chi connectivity index (χ2n) is 8.09. The van der Waals surface area contributed by atoms with Crippen molar-refractivity contribution in [3.63, 3.8) is 0 Å². The Hall–Kier alpha value is -1.38. The summed E-state index contributed by atoms with van der Waals surface area (Å²) in [6.07, 6.45) is -0.545. The highest BCUT2D eigenvalue weighted by molar-refractivity contribution is 5.43. The molecular weight excluding hydrogens is 370 g/mol. The summed E-state index contributed by atoms with van der Waals surface area (Å²) in [7, 11) is 5.40. The Labute approximate surface area is 176 Å². The molecule has 1 aromatic rings. The first-order valence-electron chi connectivity index (χ1n) is 10.5. The van der Waals surface area contributed by atoms with Crippen LogP contribution in [-0.2, 0) is 11.3 Å². The third-order valence-corrected chi connectivity index (χ3v) is 5.52. The van der Waals surface area contributed by atoms with Crippen LogP contribution in [0.25, 0.3) is 0 Å². The van der Waals surface area contributed by atoms with E-state index in [0.717, 1.165) is 45.9 Å². The molecule has 0 aliphatic carbocycles. The molecule has 1 aliphatic heterocycles. The number of hydrogen-bond donors (Lipinski definition) is 1. The molecule has 1 fully saturated rings.